The molecule has 0 heterocycles. The summed E-state index contributed by atoms with van der Waals surface area (Å²) < 4.78 is 5.42. The lowest BCUT2D eigenvalue weighted by Gasteiger charge is -2.13. The molecule has 1 amide bonds. The number of nitrogens with one attached hydrogen (secondary N) is 1. The van der Waals surface area contributed by atoms with Crippen molar-refractivity contribution in [3.8, 4) is 5.75 Å². The molecule has 0 unspecified atom stereocenters. The van der Waals surface area contributed by atoms with Gasteiger partial charge in [0.2, 0.25) is 0 Å². The van der Waals surface area contributed by atoms with Gasteiger partial charge in [-0.2, -0.15) is 0 Å². The number of para-hydroxylation sites is 1. The molecule has 0 aromatic heterocycles. The third-order valence-corrected chi connectivity index (χ3v) is 2.58. The summed E-state index contributed by atoms with van der Waals surface area (Å²) in [6, 6.07) is 7.18. The van der Waals surface area contributed by atoms with Crippen molar-refractivity contribution < 1.29 is 14.6 Å². The van der Waals surface area contributed by atoms with E-state index in [0.717, 1.165) is 12.8 Å². The van der Waals surface area contributed by atoms with E-state index in [0.29, 0.717) is 17.9 Å². The van der Waals surface area contributed by atoms with Gasteiger partial charge in [0.25, 0.3) is 5.91 Å². The van der Waals surface area contributed by atoms with Crippen LogP contribution in [0.2, 0.25) is 0 Å². The number of carbonyl (C=O) groups is 1. The summed E-state index contributed by atoms with van der Waals surface area (Å²) in [5.74, 6) is 0.419. The van der Waals surface area contributed by atoms with Gasteiger partial charge < -0.3 is 15.2 Å². The van der Waals surface area contributed by atoms with E-state index in [2.05, 4.69) is 12.2 Å². The Morgan fingerprint density at radius 1 is 1.44 bits per heavy atom. The second-order valence-corrected chi connectivity index (χ2v) is 4.21. The summed E-state index contributed by atoms with van der Waals surface area (Å²) in [6.45, 7) is 4.40. The van der Waals surface area contributed by atoms with Crippen LogP contribution in [0, 0.1) is 0 Å². The second-order valence-electron chi connectivity index (χ2n) is 4.21. The molecule has 0 radical (unpaired) electrons. The Labute approximate surface area is 108 Å². The number of hydrogen-bond acceptors (Lipinski definition) is 3. The van der Waals surface area contributed by atoms with Crippen LogP contribution in [0.1, 0.15) is 38.4 Å². The summed E-state index contributed by atoms with van der Waals surface area (Å²) in [5, 5.41) is 12.3. The fourth-order valence-electron chi connectivity index (χ4n) is 1.56. The van der Waals surface area contributed by atoms with Crippen LogP contribution in [0.15, 0.2) is 24.3 Å². The largest absolute Gasteiger partial charge is 0.483 e. The van der Waals surface area contributed by atoms with Crippen LogP contribution in [0.5, 0.6) is 5.75 Å². The Hall–Kier alpha value is -1.55. The molecular weight excluding hydrogens is 230 g/mol. The smallest absolute Gasteiger partial charge is 0.257 e. The van der Waals surface area contributed by atoms with Crippen molar-refractivity contribution >= 4 is 5.91 Å². The molecule has 0 aliphatic carbocycles. The average molecular weight is 251 g/mol. The second kappa shape index (κ2) is 7.71. The third-order valence-electron chi connectivity index (χ3n) is 2.58. The third kappa shape index (κ3) is 4.75. The minimum Gasteiger partial charge on any atom is -0.483 e. The molecule has 4 nitrogen and oxygen atoms in total. The number of amides is 1. The summed E-state index contributed by atoms with van der Waals surface area (Å²) in [4.78, 5) is 11.5. The number of unbranched alkanes of at least 4 members (excludes halogenated alkanes) is 1. The zero-order valence-corrected chi connectivity index (χ0v) is 11.0. The van der Waals surface area contributed by atoms with Gasteiger partial charge in [0, 0.05) is 12.1 Å². The van der Waals surface area contributed by atoms with Gasteiger partial charge in [-0.05, 0) is 19.4 Å². The molecule has 0 aliphatic rings. The zero-order chi connectivity index (χ0) is 13.4. The maximum absolute atomic E-state index is 11.5. The predicted molar refractivity (Wildman–Crippen MR) is 70.5 cm³/mol. The Kier molecular flexibility index (Phi) is 6.22. The van der Waals surface area contributed by atoms with E-state index in [9.17, 15) is 9.90 Å². The van der Waals surface area contributed by atoms with Gasteiger partial charge in [0.1, 0.15) is 5.75 Å². The van der Waals surface area contributed by atoms with Gasteiger partial charge in [0.15, 0.2) is 6.61 Å². The van der Waals surface area contributed by atoms with Crippen LogP contribution in [-0.2, 0) is 4.79 Å². The minimum atomic E-state index is -0.607. The molecule has 1 rings (SSSR count). The molecule has 100 valence electrons. The van der Waals surface area contributed by atoms with Crippen LogP contribution in [0.25, 0.3) is 0 Å². The van der Waals surface area contributed by atoms with Gasteiger partial charge in [-0.25, -0.2) is 0 Å². The quantitative estimate of drug-likeness (QED) is 0.729. The van der Waals surface area contributed by atoms with Crippen molar-refractivity contribution in [3.63, 3.8) is 0 Å². The van der Waals surface area contributed by atoms with Gasteiger partial charge >= 0.3 is 0 Å². The Balaban J connectivity index is 2.45. The van der Waals surface area contributed by atoms with Crippen molar-refractivity contribution in [1.29, 1.82) is 0 Å². The predicted octanol–water partition coefficient (Wildman–Crippen LogP) is 2.04. The molecule has 0 saturated carbocycles. The number of carbonyl (C=O) groups excluding carboxylic acids is 1. The molecular formula is C14H21NO3. The maximum atomic E-state index is 11.5. The van der Waals surface area contributed by atoms with Crippen molar-refractivity contribution in [1.82, 2.24) is 5.32 Å². The molecule has 2 N–H and O–H groups in total. The molecule has 1 atom stereocenters. The fourth-order valence-corrected chi connectivity index (χ4v) is 1.56. The first-order valence-electron chi connectivity index (χ1n) is 6.31. The first-order valence-corrected chi connectivity index (χ1v) is 6.31. The van der Waals surface area contributed by atoms with Gasteiger partial charge in [0.05, 0.1) is 6.10 Å². The molecule has 0 spiro atoms. The molecule has 0 aliphatic heterocycles. The van der Waals surface area contributed by atoms with Crippen LogP contribution >= 0.6 is 0 Å². The highest BCUT2D eigenvalue weighted by Crippen LogP contribution is 2.24. The van der Waals surface area contributed by atoms with Crippen LogP contribution in [0.3, 0.4) is 0 Å². The van der Waals surface area contributed by atoms with Crippen LogP contribution in [0.4, 0.5) is 0 Å². The number of ether oxygens (including phenoxy) is 1. The number of aliphatic hydroxyl groups excluding tert-OH is 1. The Morgan fingerprint density at radius 2 is 2.17 bits per heavy atom. The lowest BCUT2D eigenvalue weighted by molar-refractivity contribution is -0.123. The molecule has 0 saturated heterocycles. The highest BCUT2D eigenvalue weighted by atomic mass is 16.5. The van der Waals surface area contributed by atoms with Gasteiger partial charge in [-0.1, -0.05) is 31.5 Å². The Morgan fingerprint density at radius 3 is 2.83 bits per heavy atom. The fraction of sp³-hybridized carbons (Fsp3) is 0.500. The molecule has 1 aromatic rings. The molecule has 0 bridgehead atoms. The minimum absolute atomic E-state index is 0.0204. The van der Waals surface area contributed by atoms with E-state index in [1.54, 1.807) is 19.1 Å². The van der Waals surface area contributed by atoms with E-state index >= 15 is 0 Å². The van der Waals surface area contributed by atoms with E-state index < -0.39 is 6.10 Å². The van der Waals surface area contributed by atoms with E-state index in [-0.39, 0.29) is 12.5 Å². The normalized spacial score (nSPS) is 11.9. The van der Waals surface area contributed by atoms with Gasteiger partial charge in [-0.3, -0.25) is 4.79 Å². The first kappa shape index (κ1) is 14.5. The maximum Gasteiger partial charge on any atom is 0.257 e. The highest BCUT2D eigenvalue weighted by Gasteiger charge is 2.09. The average Bonchev–Trinajstić information content (AvgIpc) is 2.37. The first-order chi connectivity index (χ1) is 8.65. The zero-order valence-electron chi connectivity index (χ0n) is 11.0. The van der Waals surface area contributed by atoms with Gasteiger partial charge in [-0.15, -0.1) is 0 Å². The summed E-state index contributed by atoms with van der Waals surface area (Å²) in [5.41, 5.74) is 0.693. The lowest BCUT2D eigenvalue weighted by atomic mass is 10.1. The molecule has 4 heteroatoms. The number of hydrogen-bond donors (Lipinski definition) is 2. The van der Waals surface area contributed by atoms with Crippen molar-refractivity contribution in [2.24, 2.45) is 0 Å². The van der Waals surface area contributed by atoms with E-state index in [1.807, 2.05) is 12.1 Å². The number of rotatable bonds is 7. The summed E-state index contributed by atoms with van der Waals surface area (Å²) in [6.07, 6.45) is 1.41. The molecule has 1 aromatic carbocycles. The SMILES string of the molecule is CCCCNC(=O)COc1ccccc1[C@H](C)O. The number of aliphatic hydroxyl groups is 1. The molecule has 0 fully saturated rings. The van der Waals surface area contributed by atoms with E-state index in [1.165, 1.54) is 0 Å². The molecule has 18 heavy (non-hydrogen) atoms. The topological polar surface area (TPSA) is 58.6 Å². The Bertz CT molecular complexity index is 377. The lowest BCUT2D eigenvalue weighted by Crippen LogP contribution is -2.29. The summed E-state index contributed by atoms with van der Waals surface area (Å²) >= 11 is 0. The van der Waals surface area contributed by atoms with Crippen LogP contribution in [-0.4, -0.2) is 24.2 Å². The van der Waals surface area contributed by atoms with Crippen molar-refractivity contribution in [2.75, 3.05) is 13.2 Å². The monoisotopic (exact) mass is 251 g/mol. The summed E-state index contributed by atoms with van der Waals surface area (Å²) in [7, 11) is 0. The number of benzene rings is 1. The van der Waals surface area contributed by atoms with Crippen molar-refractivity contribution in [3.05, 3.63) is 29.8 Å². The van der Waals surface area contributed by atoms with E-state index in [4.69, 9.17) is 4.74 Å². The standard InChI is InChI=1S/C14H21NO3/c1-3-4-9-15-14(17)10-18-13-8-6-5-7-12(13)11(2)16/h5-8,11,16H,3-4,9-10H2,1-2H3,(H,15,17)/t11-/m0/s1. The highest BCUT2D eigenvalue weighted by molar-refractivity contribution is 5.77. The van der Waals surface area contributed by atoms with Crippen molar-refractivity contribution in [2.45, 2.75) is 32.8 Å². The van der Waals surface area contributed by atoms with Crippen LogP contribution < -0.4 is 10.1 Å².